The van der Waals surface area contributed by atoms with Crippen molar-refractivity contribution in [3.63, 3.8) is 0 Å². The molecule has 0 aliphatic carbocycles. The molecule has 0 bridgehead atoms. The fourth-order valence-electron chi connectivity index (χ4n) is 1.25. The summed E-state index contributed by atoms with van der Waals surface area (Å²) in [5, 5.41) is 13.7. The van der Waals surface area contributed by atoms with Crippen LogP contribution in [0.2, 0.25) is 0 Å². The van der Waals surface area contributed by atoms with E-state index >= 15 is 0 Å². The third-order valence-electron chi connectivity index (χ3n) is 2.16. The van der Waals surface area contributed by atoms with Crippen LogP contribution < -0.4 is 11.1 Å². The second-order valence-electron chi connectivity index (χ2n) is 3.43. The summed E-state index contributed by atoms with van der Waals surface area (Å²) >= 11 is 0. The Balaban J connectivity index is 3.00. The quantitative estimate of drug-likeness (QED) is 0.332. The number of nitrogens with zero attached hydrogens (tertiary/aromatic N) is 1. The van der Waals surface area contributed by atoms with Gasteiger partial charge in [-0.2, -0.15) is 13.2 Å². The molecule has 0 aliphatic heterocycles. The fraction of sp³-hybridized carbons (Fsp3) is 0.300. The minimum absolute atomic E-state index is 0.112. The first kappa shape index (κ1) is 13.1. The molecule has 0 aromatic heterocycles. The van der Waals surface area contributed by atoms with Gasteiger partial charge in [-0.1, -0.05) is 17.3 Å². The Kier molecular flexibility index (Phi) is 3.82. The zero-order valence-corrected chi connectivity index (χ0v) is 8.99. The van der Waals surface area contributed by atoms with Crippen molar-refractivity contribution in [3.05, 3.63) is 29.8 Å². The van der Waals surface area contributed by atoms with Gasteiger partial charge in [0.25, 0.3) is 0 Å². The first-order chi connectivity index (χ1) is 7.86. The summed E-state index contributed by atoms with van der Waals surface area (Å²) in [6.45, 7) is 1.49. The number of hydrogen-bond acceptors (Lipinski definition) is 3. The number of para-hydroxylation sites is 1. The Morgan fingerprint density at radius 1 is 1.41 bits per heavy atom. The highest BCUT2D eigenvalue weighted by Crippen LogP contribution is 2.34. The zero-order valence-electron chi connectivity index (χ0n) is 8.99. The zero-order chi connectivity index (χ0) is 13.1. The van der Waals surface area contributed by atoms with Crippen LogP contribution in [0.15, 0.2) is 29.4 Å². The molecule has 0 fully saturated rings. The van der Waals surface area contributed by atoms with Crippen molar-refractivity contribution >= 4 is 11.5 Å². The first-order valence-electron chi connectivity index (χ1n) is 4.76. The predicted molar refractivity (Wildman–Crippen MR) is 57.9 cm³/mol. The molecule has 0 aliphatic rings. The Hall–Kier alpha value is -1.92. The molecule has 1 unspecified atom stereocenters. The number of nitrogens with one attached hydrogen (secondary N) is 1. The highest BCUT2D eigenvalue weighted by atomic mass is 19.4. The number of amidine groups is 1. The van der Waals surface area contributed by atoms with E-state index < -0.39 is 17.8 Å². The molecule has 0 amide bonds. The van der Waals surface area contributed by atoms with Gasteiger partial charge < -0.3 is 16.3 Å². The smallest absolute Gasteiger partial charge is 0.409 e. The number of halogens is 3. The van der Waals surface area contributed by atoms with Crippen molar-refractivity contribution in [3.8, 4) is 0 Å². The lowest BCUT2D eigenvalue weighted by Gasteiger charge is -2.18. The molecule has 0 saturated heterocycles. The van der Waals surface area contributed by atoms with Crippen molar-refractivity contribution in [1.29, 1.82) is 0 Å². The van der Waals surface area contributed by atoms with Gasteiger partial charge in [-0.3, -0.25) is 0 Å². The molecule has 0 spiro atoms. The van der Waals surface area contributed by atoms with E-state index in [1.165, 1.54) is 25.1 Å². The lowest BCUT2D eigenvalue weighted by molar-refractivity contribution is -0.136. The molecule has 4 N–H and O–H groups in total. The van der Waals surface area contributed by atoms with E-state index in [1.54, 1.807) is 0 Å². The average molecular weight is 247 g/mol. The SMILES string of the molecule is CC(Nc1ccccc1C(F)(F)F)C(N)=NO. The molecule has 0 heterocycles. The van der Waals surface area contributed by atoms with E-state index in [0.29, 0.717) is 0 Å². The van der Waals surface area contributed by atoms with Gasteiger partial charge in [0.1, 0.15) is 0 Å². The third kappa shape index (κ3) is 3.27. The summed E-state index contributed by atoms with van der Waals surface area (Å²) in [5.41, 5.74) is 4.37. The second kappa shape index (κ2) is 4.94. The molecule has 1 aromatic carbocycles. The molecule has 1 aromatic rings. The first-order valence-corrected chi connectivity index (χ1v) is 4.76. The maximum Gasteiger partial charge on any atom is 0.418 e. The topological polar surface area (TPSA) is 70.6 Å². The monoisotopic (exact) mass is 247 g/mol. The normalized spacial score (nSPS) is 14.5. The largest absolute Gasteiger partial charge is 0.418 e. The van der Waals surface area contributed by atoms with Gasteiger partial charge in [0.15, 0.2) is 5.84 Å². The molecular weight excluding hydrogens is 235 g/mol. The molecule has 1 rings (SSSR count). The van der Waals surface area contributed by atoms with Crippen molar-refractivity contribution in [2.24, 2.45) is 10.9 Å². The highest BCUT2D eigenvalue weighted by Gasteiger charge is 2.33. The number of benzene rings is 1. The molecule has 7 heteroatoms. The van der Waals surface area contributed by atoms with Crippen molar-refractivity contribution in [2.75, 3.05) is 5.32 Å². The summed E-state index contributed by atoms with van der Waals surface area (Å²) < 4.78 is 37.9. The van der Waals surface area contributed by atoms with Gasteiger partial charge >= 0.3 is 6.18 Å². The van der Waals surface area contributed by atoms with E-state index in [9.17, 15) is 13.2 Å². The molecule has 1 atom stereocenters. The number of anilines is 1. The van der Waals surface area contributed by atoms with E-state index in [4.69, 9.17) is 10.9 Å². The molecule has 94 valence electrons. The van der Waals surface area contributed by atoms with Crippen LogP contribution in [0.4, 0.5) is 18.9 Å². The van der Waals surface area contributed by atoms with E-state index in [1.807, 2.05) is 0 Å². The van der Waals surface area contributed by atoms with Crippen LogP contribution >= 0.6 is 0 Å². The summed E-state index contributed by atoms with van der Waals surface area (Å²) in [4.78, 5) is 0. The Labute approximate surface area is 95.9 Å². The standard InChI is InChI=1S/C10H12F3N3O/c1-6(9(14)16-17)15-8-5-3-2-4-7(8)10(11,12)13/h2-6,15,17H,1H3,(H2,14,16). The van der Waals surface area contributed by atoms with Gasteiger partial charge in [-0.15, -0.1) is 0 Å². The Morgan fingerprint density at radius 3 is 2.53 bits per heavy atom. The van der Waals surface area contributed by atoms with Crippen molar-refractivity contribution in [1.82, 2.24) is 0 Å². The Bertz CT molecular complexity index is 418. The van der Waals surface area contributed by atoms with Crippen LogP contribution in [0.1, 0.15) is 12.5 Å². The lowest BCUT2D eigenvalue weighted by atomic mass is 10.1. The van der Waals surface area contributed by atoms with Gasteiger partial charge in [-0.25, -0.2) is 0 Å². The van der Waals surface area contributed by atoms with Crippen LogP contribution in [-0.4, -0.2) is 17.1 Å². The molecule has 4 nitrogen and oxygen atoms in total. The molecule has 0 radical (unpaired) electrons. The van der Waals surface area contributed by atoms with E-state index in [0.717, 1.165) is 6.07 Å². The van der Waals surface area contributed by atoms with Crippen molar-refractivity contribution in [2.45, 2.75) is 19.1 Å². The van der Waals surface area contributed by atoms with E-state index in [2.05, 4.69) is 10.5 Å². The summed E-state index contributed by atoms with van der Waals surface area (Å²) in [7, 11) is 0. The van der Waals surface area contributed by atoms with E-state index in [-0.39, 0.29) is 11.5 Å². The van der Waals surface area contributed by atoms with Crippen LogP contribution in [0.25, 0.3) is 0 Å². The fourth-order valence-corrected chi connectivity index (χ4v) is 1.25. The third-order valence-corrected chi connectivity index (χ3v) is 2.16. The van der Waals surface area contributed by atoms with Crippen LogP contribution in [0, 0.1) is 0 Å². The molecular formula is C10H12F3N3O. The van der Waals surface area contributed by atoms with Crippen LogP contribution in [0.5, 0.6) is 0 Å². The average Bonchev–Trinajstić information content (AvgIpc) is 2.27. The second-order valence-corrected chi connectivity index (χ2v) is 3.43. The minimum atomic E-state index is -4.45. The van der Waals surface area contributed by atoms with Crippen molar-refractivity contribution < 1.29 is 18.4 Å². The number of oxime groups is 1. The predicted octanol–water partition coefficient (Wildman–Crippen LogP) is 2.25. The van der Waals surface area contributed by atoms with Gasteiger partial charge in [0.2, 0.25) is 0 Å². The summed E-state index contributed by atoms with van der Waals surface area (Å²) in [6, 6.07) is 4.30. The highest BCUT2D eigenvalue weighted by molar-refractivity contribution is 5.87. The van der Waals surface area contributed by atoms with Crippen LogP contribution in [0.3, 0.4) is 0 Å². The maximum absolute atomic E-state index is 12.6. The number of hydrogen-bond donors (Lipinski definition) is 3. The maximum atomic E-state index is 12.6. The van der Waals surface area contributed by atoms with Crippen LogP contribution in [-0.2, 0) is 6.18 Å². The van der Waals surface area contributed by atoms with Gasteiger partial charge in [-0.05, 0) is 19.1 Å². The summed E-state index contributed by atoms with van der Waals surface area (Å²) in [5.74, 6) is -0.193. The van der Waals surface area contributed by atoms with Gasteiger partial charge in [0.05, 0.1) is 11.6 Å². The number of rotatable bonds is 3. The Morgan fingerprint density at radius 2 is 2.00 bits per heavy atom. The molecule has 0 saturated carbocycles. The minimum Gasteiger partial charge on any atom is -0.409 e. The number of alkyl halides is 3. The molecule has 17 heavy (non-hydrogen) atoms. The number of nitrogens with two attached hydrogens (primary N) is 1. The lowest BCUT2D eigenvalue weighted by Crippen LogP contribution is -2.33. The summed E-state index contributed by atoms with van der Waals surface area (Å²) in [6.07, 6.45) is -4.45. The van der Waals surface area contributed by atoms with Gasteiger partial charge in [0, 0.05) is 5.69 Å².